The maximum Gasteiger partial charge on any atom is 0.227 e. The van der Waals surface area contributed by atoms with Crippen molar-refractivity contribution >= 4 is 11.8 Å². The van der Waals surface area contributed by atoms with E-state index in [9.17, 15) is 9.59 Å². The number of hydrogen-bond donors (Lipinski definition) is 0. The molecule has 0 saturated carbocycles. The van der Waals surface area contributed by atoms with Gasteiger partial charge in [-0.15, -0.1) is 0 Å². The van der Waals surface area contributed by atoms with Crippen molar-refractivity contribution < 1.29 is 18.7 Å². The molecular weight excluding hydrogens is 334 g/mol. The van der Waals surface area contributed by atoms with Gasteiger partial charge in [0.25, 0.3) is 0 Å². The van der Waals surface area contributed by atoms with Crippen LogP contribution in [0.15, 0.2) is 16.5 Å². The minimum Gasteiger partial charge on any atom is -0.464 e. The molecule has 0 bridgehead atoms. The second-order valence-corrected chi connectivity index (χ2v) is 7.24. The van der Waals surface area contributed by atoms with Gasteiger partial charge in [-0.05, 0) is 25.5 Å². The molecule has 0 radical (unpaired) electrons. The zero-order chi connectivity index (χ0) is 18.5. The smallest absolute Gasteiger partial charge is 0.227 e. The molecule has 2 fully saturated rings. The van der Waals surface area contributed by atoms with Crippen molar-refractivity contribution in [3.63, 3.8) is 0 Å². The van der Waals surface area contributed by atoms with E-state index >= 15 is 0 Å². The minimum absolute atomic E-state index is 0.0860. The number of carbonyl (C=O) groups is 2. The zero-order valence-corrected chi connectivity index (χ0v) is 15.8. The van der Waals surface area contributed by atoms with Crippen LogP contribution >= 0.6 is 0 Å². The first-order valence-electron chi connectivity index (χ1n) is 9.41. The lowest BCUT2D eigenvalue weighted by atomic mass is 9.96. The van der Waals surface area contributed by atoms with Gasteiger partial charge in [0.15, 0.2) is 0 Å². The van der Waals surface area contributed by atoms with Crippen LogP contribution in [0.4, 0.5) is 0 Å². The highest BCUT2D eigenvalue weighted by Crippen LogP contribution is 2.21. The second kappa shape index (κ2) is 8.68. The number of carbonyl (C=O) groups excluding carboxylic acids is 2. The average Bonchev–Trinajstić information content (AvgIpc) is 3.06. The van der Waals surface area contributed by atoms with Crippen molar-refractivity contribution in [1.82, 2.24) is 14.7 Å². The molecule has 1 aromatic rings. The molecular formula is C19H29N3O4. The Labute approximate surface area is 154 Å². The highest BCUT2D eigenvalue weighted by atomic mass is 16.5. The number of aryl methyl sites for hydroxylation is 1. The van der Waals surface area contributed by atoms with Gasteiger partial charge in [-0.25, -0.2) is 0 Å². The van der Waals surface area contributed by atoms with Crippen LogP contribution in [0.1, 0.15) is 24.4 Å². The van der Waals surface area contributed by atoms with Crippen LogP contribution in [0, 0.1) is 12.8 Å². The number of hydrogen-bond acceptors (Lipinski definition) is 5. The van der Waals surface area contributed by atoms with Crippen LogP contribution in [0.3, 0.4) is 0 Å². The molecule has 7 nitrogen and oxygen atoms in total. The molecule has 3 rings (SSSR count). The third-order valence-corrected chi connectivity index (χ3v) is 5.20. The number of amides is 2. The SMILES string of the molecule is Cc1ccc(CN(C)C(=O)[C@H]2CCC(=O)N(CCN3CCOCC3)C2)o1. The van der Waals surface area contributed by atoms with Crippen molar-refractivity contribution in [3.05, 3.63) is 23.7 Å². The molecule has 2 aliphatic heterocycles. The molecule has 1 atom stereocenters. The zero-order valence-electron chi connectivity index (χ0n) is 15.8. The fourth-order valence-electron chi connectivity index (χ4n) is 3.61. The molecule has 0 unspecified atom stereocenters. The summed E-state index contributed by atoms with van der Waals surface area (Å²) in [6, 6.07) is 3.80. The Morgan fingerprint density at radius 2 is 2.04 bits per heavy atom. The molecule has 26 heavy (non-hydrogen) atoms. The molecule has 2 saturated heterocycles. The number of likely N-dealkylation sites (tertiary alicyclic amines) is 1. The van der Waals surface area contributed by atoms with Crippen LogP contribution in [0.2, 0.25) is 0 Å². The largest absolute Gasteiger partial charge is 0.464 e. The summed E-state index contributed by atoms with van der Waals surface area (Å²) in [5, 5.41) is 0. The molecule has 0 N–H and O–H groups in total. The maximum atomic E-state index is 12.8. The first kappa shape index (κ1) is 18.9. The summed E-state index contributed by atoms with van der Waals surface area (Å²) in [5.41, 5.74) is 0. The number of furan rings is 1. The van der Waals surface area contributed by atoms with Gasteiger partial charge in [-0.1, -0.05) is 0 Å². The number of piperidine rings is 1. The highest BCUT2D eigenvalue weighted by molar-refractivity contribution is 5.83. The Hall–Kier alpha value is -1.86. The Balaban J connectivity index is 1.50. The van der Waals surface area contributed by atoms with E-state index in [2.05, 4.69) is 4.90 Å². The summed E-state index contributed by atoms with van der Waals surface area (Å²) in [7, 11) is 1.80. The summed E-state index contributed by atoms with van der Waals surface area (Å²) in [6.07, 6.45) is 1.08. The molecule has 2 amide bonds. The molecule has 144 valence electrons. The summed E-state index contributed by atoms with van der Waals surface area (Å²) in [4.78, 5) is 30.9. The lowest BCUT2D eigenvalue weighted by Crippen LogP contribution is -2.49. The fraction of sp³-hybridized carbons (Fsp3) is 0.684. The molecule has 7 heteroatoms. The van der Waals surface area contributed by atoms with Crippen molar-refractivity contribution in [3.8, 4) is 0 Å². The first-order chi connectivity index (χ1) is 12.5. The highest BCUT2D eigenvalue weighted by Gasteiger charge is 2.32. The predicted molar refractivity (Wildman–Crippen MR) is 96.5 cm³/mol. The number of nitrogens with zero attached hydrogens (tertiary/aromatic N) is 3. The number of rotatable bonds is 6. The van der Waals surface area contributed by atoms with Crippen LogP contribution in [-0.4, -0.2) is 79.5 Å². The summed E-state index contributed by atoms with van der Waals surface area (Å²) >= 11 is 0. The first-order valence-corrected chi connectivity index (χ1v) is 9.41. The van der Waals surface area contributed by atoms with Crippen LogP contribution in [0.5, 0.6) is 0 Å². The van der Waals surface area contributed by atoms with Crippen molar-refractivity contribution in [2.24, 2.45) is 5.92 Å². The van der Waals surface area contributed by atoms with E-state index in [1.54, 1.807) is 11.9 Å². The van der Waals surface area contributed by atoms with Crippen molar-refractivity contribution in [2.75, 3.05) is 53.0 Å². The van der Waals surface area contributed by atoms with E-state index < -0.39 is 0 Å². The van der Waals surface area contributed by atoms with Crippen molar-refractivity contribution in [2.45, 2.75) is 26.3 Å². The van der Waals surface area contributed by atoms with E-state index in [0.717, 1.165) is 44.4 Å². The average molecular weight is 363 g/mol. The summed E-state index contributed by atoms with van der Waals surface area (Å²) in [6.45, 7) is 7.74. The minimum atomic E-state index is -0.126. The van der Waals surface area contributed by atoms with E-state index in [1.807, 2.05) is 24.0 Å². The predicted octanol–water partition coefficient (Wildman–Crippen LogP) is 1.12. The number of morpholine rings is 1. The van der Waals surface area contributed by atoms with Crippen LogP contribution < -0.4 is 0 Å². The van der Waals surface area contributed by atoms with Gasteiger partial charge in [-0.2, -0.15) is 0 Å². The molecule has 0 aromatic carbocycles. The Bertz CT molecular complexity index is 624. The monoisotopic (exact) mass is 363 g/mol. The third-order valence-electron chi connectivity index (χ3n) is 5.20. The van der Waals surface area contributed by atoms with Crippen LogP contribution in [-0.2, 0) is 20.9 Å². The van der Waals surface area contributed by atoms with E-state index in [-0.39, 0.29) is 17.7 Å². The van der Waals surface area contributed by atoms with Gasteiger partial charge in [0.05, 0.1) is 25.7 Å². The van der Waals surface area contributed by atoms with Gasteiger partial charge in [-0.3, -0.25) is 14.5 Å². The van der Waals surface area contributed by atoms with Gasteiger partial charge < -0.3 is 19.0 Å². The normalized spacial score (nSPS) is 21.8. The standard InChI is InChI=1S/C19H29N3O4/c1-15-3-5-17(26-15)14-20(2)19(24)16-4-6-18(23)22(13-16)8-7-21-9-11-25-12-10-21/h3,5,16H,4,6-14H2,1-2H3/t16-/m0/s1. The van der Waals surface area contributed by atoms with Gasteiger partial charge in [0.1, 0.15) is 11.5 Å². The molecule has 0 spiro atoms. The lowest BCUT2D eigenvalue weighted by molar-refractivity contribution is -0.143. The topological polar surface area (TPSA) is 66.2 Å². The third kappa shape index (κ3) is 4.86. The molecule has 0 aliphatic carbocycles. The molecule has 3 heterocycles. The van der Waals surface area contributed by atoms with E-state index in [4.69, 9.17) is 9.15 Å². The Morgan fingerprint density at radius 1 is 1.27 bits per heavy atom. The Kier molecular flexibility index (Phi) is 6.32. The van der Waals surface area contributed by atoms with Crippen molar-refractivity contribution in [1.29, 1.82) is 0 Å². The maximum absolute atomic E-state index is 12.8. The van der Waals surface area contributed by atoms with Gasteiger partial charge in [0.2, 0.25) is 11.8 Å². The summed E-state index contributed by atoms with van der Waals surface area (Å²) in [5.74, 6) is 1.75. The van der Waals surface area contributed by atoms with Gasteiger partial charge in [0, 0.05) is 46.2 Å². The van der Waals surface area contributed by atoms with Crippen LogP contribution in [0.25, 0.3) is 0 Å². The van der Waals surface area contributed by atoms with E-state index in [1.165, 1.54) is 0 Å². The molecule has 1 aromatic heterocycles. The van der Waals surface area contributed by atoms with Gasteiger partial charge >= 0.3 is 0 Å². The quantitative estimate of drug-likeness (QED) is 0.758. The molecule has 2 aliphatic rings. The van der Waals surface area contributed by atoms with E-state index in [0.29, 0.717) is 32.5 Å². The Morgan fingerprint density at radius 3 is 2.73 bits per heavy atom. The summed E-state index contributed by atoms with van der Waals surface area (Å²) < 4.78 is 10.9. The lowest BCUT2D eigenvalue weighted by Gasteiger charge is -2.35. The second-order valence-electron chi connectivity index (χ2n) is 7.24. The number of ether oxygens (including phenoxy) is 1. The fourth-order valence-corrected chi connectivity index (χ4v) is 3.61.